The van der Waals surface area contributed by atoms with Crippen molar-refractivity contribution in [1.29, 1.82) is 0 Å². The lowest BCUT2D eigenvalue weighted by Gasteiger charge is -2.62. The van der Waals surface area contributed by atoms with Gasteiger partial charge in [0.1, 0.15) is 0 Å². The SMILES string of the molecule is CC(C)CCC[C@@H](C)[C@H]1CCC2C3CCC4[C@H](C(=O)O)[C@@H](O)CC[C@]4(C)C3CC[C@@]21C. The molecule has 4 unspecified atom stereocenters. The van der Waals surface area contributed by atoms with Gasteiger partial charge < -0.3 is 10.2 Å². The minimum atomic E-state index is -0.765. The normalized spacial score (nSPS) is 48.0. The standard InChI is InChI=1S/C28H48O3/c1-17(2)7-6-8-18(3)20-11-12-21-19-9-10-23-25(26(30)31)24(29)14-16-28(23,5)22(19)13-15-27(20,21)4/h17-25,29H,6-16H2,1-5H3,(H,30,31)/t18-,19?,20-,21?,22?,23?,24+,25+,27-,28-/m1/s1. The predicted molar refractivity (Wildman–Crippen MR) is 126 cm³/mol. The number of fused-ring (bicyclic) bond motifs is 5. The fourth-order valence-corrected chi connectivity index (χ4v) is 9.71. The zero-order valence-corrected chi connectivity index (χ0v) is 20.8. The maximum atomic E-state index is 12.0. The van der Waals surface area contributed by atoms with Gasteiger partial charge in [-0.05, 0) is 104 Å². The van der Waals surface area contributed by atoms with Crippen molar-refractivity contribution < 1.29 is 15.0 Å². The van der Waals surface area contributed by atoms with Crippen LogP contribution in [0.2, 0.25) is 0 Å². The summed E-state index contributed by atoms with van der Waals surface area (Å²) in [5.74, 6) is 3.63. The molecule has 0 amide bonds. The van der Waals surface area contributed by atoms with E-state index in [1.165, 1.54) is 51.4 Å². The monoisotopic (exact) mass is 432 g/mol. The molecule has 178 valence electrons. The van der Waals surface area contributed by atoms with Crippen LogP contribution in [0.5, 0.6) is 0 Å². The average molecular weight is 433 g/mol. The highest BCUT2D eigenvalue weighted by molar-refractivity contribution is 5.71. The van der Waals surface area contributed by atoms with Gasteiger partial charge in [-0.3, -0.25) is 4.79 Å². The Bertz CT molecular complexity index is 659. The zero-order chi connectivity index (χ0) is 22.6. The molecular weight excluding hydrogens is 384 g/mol. The van der Waals surface area contributed by atoms with Crippen molar-refractivity contribution in [2.45, 2.75) is 111 Å². The van der Waals surface area contributed by atoms with Gasteiger partial charge >= 0.3 is 5.97 Å². The molecule has 0 saturated heterocycles. The summed E-state index contributed by atoms with van der Waals surface area (Å²) in [5, 5.41) is 20.4. The van der Waals surface area contributed by atoms with Crippen LogP contribution in [0.1, 0.15) is 105 Å². The van der Waals surface area contributed by atoms with Crippen LogP contribution in [-0.4, -0.2) is 22.3 Å². The molecule has 2 N–H and O–H groups in total. The Labute approximate surface area is 190 Å². The lowest BCUT2D eigenvalue weighted by atomic mass is 9.43. The second-order valence-electron chi connectivity index (χ2n) is 13.1. The first kappa shape index (κ1) is 23.6. The van der Waals surface area contributed by atoms with Gasteiger partial charge in [-0.25, -0.2) is 0 Å². The summed E-state index contributed by atoms with van der Waals surface area (Å²) in [4.78, 5) is 12.0. The molecule has 4 aliphatic carbocycles. The van der Waals surface area contributed by atoms with Gasteiger partial charge in [0.15, 0.2) is 0 Å². The van der Waals surface area contributed by atoms with E-state index in [1.54, 1.807) is 0 Å². The van der Waals surface area contributed by atoms with E-state index in [0.29, 0.717) is 17.8 Å². The number of carbonyl (C=O) groups is 1. The highest BCUT2D eigenvalue weighted by Crippen LogP contribution is 2.69. The Kier molecular flexibility index (Phi) is 6.58. The van der Waals surface area contributed by atoms with E-state index >= 15 is 0 Å². The number of aliphatic carboxylic acids is 1. The maximum absolute atomic E-state index is 12.0. The van der Waals surface area contributed by atoms with E-state index in [-0.39, 0.29) is 11.3 Å². The van der Waals surface area contributed by atoms with Crippen LogP contribution >= 0.6 is 0 Å². The minimum Gasteiger partial charge on any atom is -0.481 e. The molecule has 0 heterocycles. The predicted octanol–water partition coefficient (Wildman–Crippen LogP) is 6.78. The van der Waals surface area contributed by atoms with Gasteiger partial charge in [-0.1, -0.05) is 53.9 Å². The largest absolute Gasteiger partial charge is 0.481 e. The summed E-state index contributed by atoms with van der Waals surface area (Å²) in [7, 11) is 0. The van der Waals surface area contributed by atoms with Crippen LogP contribution in [0.15, 0.2) is 0 Å². The van der Waals surface area contributed by atoms with E-state index in [4.69, 9.17) is 0 Å². The second kappa shape index (κ2) is 8.65. The van der Waals surface area contributed by atoms with Crippen LogP contribution < -0.4 is 0 Å². The number of hydrogen-bond acceptors (Lipinski definition) is 2. The molecule has 0 bridgehead atoms. The number of aliphatic hydroxyl groups is 1. The zero-order valence-electron chi connectivity index (χ0n) is 20.8. The second-order valence-corrected chi connectivity index (χ2v) is 13.1. The van der Waals surface area contributed by atoms with Crippen molar-refractivity contribution in [3.8, 4) is 0 Å². The van der Waals surface area contributed by atoms with Crippen LogP contribution in [0.25, 0.3) is 0 Å². The Balaban J connectivity index is 1.50. The van der Waals surface area contributed by atoms with Gasteiger partial charge in [0.2, 0.25) is 0 Å². The van der Waals surface area contributed by atoms with Crippen molar-refractivity contribution in [1.82, 2.24) is 0 Å². The van der Waals surface area contributed by atoms with Crippen molar-refractivity contribution in [3.05, 3.63) is 0 Å². The van der Waals surface area contributed by atoms with Gasteiger partial charge in [0, 0.05) is 0 Å². The first-order valence-electron chi connectivity index (χ1n) is 13.5. The Morgan fingerprint density at radius 2 is 1.52 bits per heavy atom. The molecule has 4 rings (SSSR count). The molecule has 4 saturated carbocycles. The highest BCUT2D eigenvalue weighted by atomic mass is 16.4. The molecule has 31 heavy (non-hydrogen) atoms. The smallest absolute Gasteiger partial charge is 0.309 e. The molecule has 4 aliphatic rings. The highest BCUT2D eigenvalue weighted by Gasteiger charge is 2.62. The first-order chi connectivity index (χ1) is 14.6. The third kappa shape index (κ3) is 3.89. The third-order valence-electron chi connectivity index (χ3n) is 11.3. The summed E-state index contributed by atoms with van der Waals surface area (Å²) in [6.45, 7) is 12.2. The van der Waals surface area contributed by atoms with Crippen molar-refractivity contribution >= 4 is 5.97 Å². The summed E-state index contributed by atoms with van der Waals surface area (Å²) < 4.78 is 0. The van der Waals surface area contributed by atoms with E-state index in [2.05, 4.69) is 34.6 Å². The number of carboxylic acids is 1. The Hall–Kier alpha value is -0.570. The van der Waals surface area contributed by atoms with Crippen LogP contribution in [-0.2, 0) is 4.79 Å². The molecule has 0 aromatic carbocycles. The number of carboxylic acid groups (broad SMARTS) is 1. The minimum absolute atomic E-state index is 0.105. The molecule has 0 spiro atoms. The van der Waals surface area contributed by atoms with Crippen molar-refractivity contribution in [2.75, 3.05) is 0 Å². The van der Waals surface area contributed by atoms with Crippen LogP contribution in [0, 0.1) is 58.2 Å². The fourth-order valence-electron chi connectivity index (χ4n) is 9.71. The molecule has 0 aliphatic heterocycles. The van der Waals surface area contributed by atoms with E-state index in [0.717, 1.165) is 42.4 Å². The van der Waals surface area contributed by atoms with Crippen molar-refractivity contribution in [2.24, 2.45) is 58.2 Å². The van der Waals surface area contributed by atoms with Crippen molar-refractivity contribution in [3.63, 3.8) is 0 Å². The molecule has 10 atom stereocenters. The Morgan fingerprint density at radius 3 is 2.19 bits per heavy atom. The molecule has 3 heteroatoms. The van der Waals surface area contributed by atoms with Crippen LogP contribution in [0.3, 0.4) is 0 Å². The molecule has 0 aromatic rings. The topological polar surface area (TPSA) is 57.5 Å². The lowest BCUT2D eigenvalue weighted by molar-refractivity contribution is -0.177. The van der Waals surface area contributed by atoms with Gasteiger partial charge in [0.05, 0.1) is 12.0 Å². The number of aliphatic hydroxyl groups excluding tert-OH is 1. The summed E-state index contributed by atoms with van der Waals surface area (Å²) >= 11 is 0. The quantitative estimate of drug-likeness (QED) is 0.486. The lowest BCUT2D eigenvalue weighted by Crippen LogP contribution is -2.58. The van der Waals surface area contributed by atoms with E-state index < -0.39 is 18.0 Å². The molecule has 0 aromatic heterocycles. The first-order valence-corrected chi connectivity index (χ1v) is 13.5. The van der Waals surface area contributed by atoms with Crippen LogP contribution in [0.4, 0.5) is 0 Å². The van der Waals surface area contributed by atoms with Gasteiger partial charge in [0.25, 0.3) is 0 Å². The summed E-state index contributed by atoms with van der Waals surface area (Å²) in [6.07, 6.45) is 12.8. The third-order valence-corrected chi connectivity index (χ3v) is 11.3. The maximum Gasteiger partial charge on any atom is 0.309 e. The molecule has 0 radical (unpaired) electrons. The average Bonchev–Trinajstić information content (AvgIpc) is 3.05. The summed E-state index contributed by atoms with van der Waals surface area (Å²) in [6, 6.07) is 0. The van der Waals surface area contributed by atoms with Gasteiger partial charge in [-0.15, -0.1) is 0 Å². The molecular formula is C28H48O3. The number of hydrogen-bond donors (Lipinski definition) is 2. The molecule has 4 fully saturated rings. The Morgan fingerprint density at radius 1 is 0.871 bits per heavy atom. The number of rotatable bonds is 6. The van der Waals surface area contributed by atoms with Gasteiger partial charge in [-0.2, -0.15) is 0 Å². The molecule has 3 nitrogen and oxygen atoms in total. The van der Waals surface area contributed by atoms with E-state index in [9.17, 15) is 15.0 Å². The summed E-state index contributed by atoms with van der Waals surface area (Å²) in [5.41, 5.74) is 0.593. The fraction of sp³-hybridized carbons (Fsp3) is 0.964. The van der Waals surface area contributed by atoms with E-state index in [1.807, 2.05) is 0 Å².